The number of piperazine rings is 1. The standard InChI is InChI=1S/C21H27N3O3S2/c1-22(19-9-4-7-17-6-2-3-8-18(17)19)20(25)16-23-11-13-24(14-12-23)29(26,27)21-10-5-15-28-21/h2-3,5-6,8,10,15,19H,4,7,9,11-14,16H2,1H3/t19-/m1/s1. The van der Waals surface area contributed by atoms with E-state index in [1.165, 1.54) is 26.8 Å². The van der Waals surface area contributed by atoms with Crippen LogP contribution in [-0.2, 0) is 21.2 Å². The Morgan fingerprint density at radius 3 is 2.62 bits per heavy atom. The topological polar surface area (TPSA) is 60.9 Å². The van der Waals surface area contributed by atoms with Gasteiger partial charge in [0.25, 0.3) is 10.0 Å². The van der Waals surface area contributed by atoms with Crippen molar-refractivity contribution in [2.75, 3.05) is 39.8 Å². The number of thiophene rings is 1. The molecule has 29 heavy (non-hydrogen) atoms. The van der Waals surface area contributed by atoms with Crippen molar-refractivity contribution in [2.45, 2.75) is 29.5 Å². The number of amides is 1. The number of aryl methyl sites for hydroxylation is 1. The first-order valence-corrected chi connectivity index (χ1v) is 12.4. The smallest absolute Gasteiger partial charge is 0.252 e. The van der Waals surface area contributed by atoms with E-state index in [0.29, 0.717) is 36.9 Å². The highest BCUT2D eigenvalue weighted by atomic mass is 32.2. The van der Waals surface area contributed by atoms with Crippen LogP contribution in [0.1, 0.15) is 30.0 Å². The molecule has 1 aromatic carbocycles. The average molecular weight is 434 g/mol. The van der Waals surface area contributed by atoms with Gasteiger partial charge in [-0.2, -0.15) is 4.31 Å². The van der Waals surface area contributed by atoms with E-state index in [4.69, 9.17) is 0 Å². The minimum absolute atomic E-state index is 0.0984. The minimum atomic E-state index is -3.41. The van der Waals surface area contributed by atoms with Crippen LogP contribution in [0.25, 0.3) is 0 Å². The fourth-order valence-corrected chi connectivity index (χ4v) is 6.84. The molecule has 2 aromatic rings. The van der Waals surface area contributed by atoms with E-state index in [2.05, 4.69) is 23.1 Å². The number of carbonyl (C=O) groups excluding carboxylic acids is 1. The Labute approximate surface area is 176 Å². The summed E-state index contributed by atoms with van der Waals surface area (Å²) in [5.41, 5.74) is 2.61. The number of carbonyl (C=O) groups is 1. The first kappa shape index (κ1) is 20.5. The Morgan fingerprint density at radius 2 is 1.90 bits per heavy atom. The highest BCUT2D eigenvalue weighted by Crippen LogP contribution is 2.33. The third-order valence-electron chi connectivity index (χ3n) is 5.98. The fraction of sp³-hybridized carbons (Fsp3) is 0.476. The monoisotopic (exact) mass is 433 g/mol. The maximum atomic E-state index is 12.9. The summed E-state index contributed by atoms with van der Waals surface area (Å²) in [6, 6.07) is 11.9. The van der Waals surface area contributed by atoms with E-state index in [0.717, 1.165) is 19.3 Å². The molecule has 156 valence electrons. The van der Waals surface area contributed by atoms with Gasteiger partial charge < -0.3 is 4.90 Å². The molecule has 0 N–H and O–H groups in total. The minimum Gasteiger partial charge on any atom is -0.338 e. The summed E-state index contributed by atoms with van der Waals surface area (Å²) in [5.74, 6) is 0.0984. The predicted octanol–water partition coefficient (Wildman–Crippen LogP) is 2.59. The fourth-order valence-electron chi connectivity index (χ4n) is 4.27. The molecule has 6 nitrogen and oxygen atoms in total. The van der Waals surface area contributed by atoms with E-state index in [9.17, 15) is 13.2 Å². The van der Waals surface area contributed by atoms with Gasteiger partial charge in [-0.3, -0.25) is 9.69 Å². The zero-order valence-corrected chi connectivity index (χ0v) is 18.3. The summed E-state index contributed by atoms with van der Waals surface area (Å²) in [6.45, 7) is 2.33. The molecule has 1 aliphatic carbocycles. The van der Waals surface area contributed by atoms with Crippen LogP contribution in [0.2, 0.25) is 0 Å². The first-order chi connectivity index (χ1) is 14.0. The zero-order chi connectivity index (χ0) is 20.4. The van der Waals surface area contributed by atoms with Crippen molar-refractivity contribution in [3.05, 3.63) is 52.9 Å². The highest BCUT2D eigenvalue weighted by molar-refractivity contribution is 7.91. The van der Waals surface area contributed by atoms with Gasteiger partial charge in [-0.15, -0.1) is 11.3 Å². The first-order valence-electron chi connectivity index (χ1n) is 10.1. The van der Waals surface area contributed by atoms with Crippen LogP contribution in [0.5, 0.6) is 0 Å². The maximum Gasteiger partial charge on any atom is 0.252 e. The number of hydrogen-bond acceptors (Lipinski definition) is 5. The Hall–Kier alpha value is -1.74. The molecular formula is C21H27N3O3S2. The second-order valence-electron chi connectivity index (χ2n) is 7.72. The lowest BCUT2D eigenvalue weighted by molar-refractivity contribution is -0.133. The van der Waals surface area contributed by atoms with Crippen LogP contribution in [0, 0.1) is 0 Å². The van der Waals surface area contributed by atoms with Crippen molar-refractivity contribution in [2.24, 2.45) is 0 Å². The van der Waals surface area contributed by atoms with Gasteiger partial charge in [0.2, 0.25) is 5.91 Å². The third kappa shape index (κ3) is 4.26. The van der Waals surface area contributed by atoms with E-state index in [1.54, 1.807) is 17.5 Å². The van der Waals surface area contributed by atoms with Crippen molar-refractivity contribution in [3.63, 3.8) is 0 Å². The summed E-state index contributed by atoms with van der Waals surface area (Å²) in [7, 11) is -1.51. The van der Waals surface area contributed by atoms with E-state index >= 15 is 0 Å². The number of sulfonamides is 1. The van der Waals surface area contributed by atoms with Gasteiger partial charge in [-0.05, 0) is 41.8 Å². The number of fused-ring (bicyclic) bond motifs is 1. The van der Waals surface area contributed by atoms with Crippen molar-refractivity contribution in [1.82, 2.24) is 14.1 Å². The van der Waals surface area contributed by atoms with Gasteiger partial charge in [0, 0.05) is 33.2 Å². The summed E-state index contributed by atoms with van der Waals surface area (Å²) >= 11 is 1.25. The van der Waals surface area contributed by atoms with Crippen molar-refractivity contribution in [1.29, 1.82) is 0 Å². The quantitative estimate of drug-likeness (QED) is 0.727. The van der Waals surface area contributed by atoms with Gasteiger partial charge in [0.05, 0.1) is 12.6 Å². The Balaban J connectivity index is 1.35. The number of nitrogens with zero attached hydrogens (tertiary/aromatic N) is 3. The zero-order valence-electron chi connectivity index (χ0n) is 16.7. The van der Waals surface area contributed by atoms with Gasteiger partial charge in [-0.1, -0.05) is 30.3 Å². The van der Waals surface area contributed by atoms with Crippen molar-refractivity contribution < 1.29 is 13.2 Å². The molecule has 1 aliphatic heterocycles. The molecule has 1 fully saturated rings. The average Bonchev–Trinajstić information content (AvgIpc) is 3.29. The second kappa shape index (κ2) is 8.55. The molecule has 1 aromatic heterocycles. The molecule has 0 unspecified atom stereocenters. The summed E-state index contributed by atoms with van der Waals surface area (Å²) in [6.07, 6.45) is 3.17. The van der Waals surface area contributed by atoms with E-state index in [-0.39, 0.29) is 11.9 Å². The molecular weight excluding hydrogens is 406 g/mol. The van der Waals surface area contributed by atoms with Crippen LogP contribution in [0.4, 0.5) is 0 Å². The number of hydrogen-bond donors (Lipinski definition) is 0. The second-order valence-corrected chi connectivity index (χ2v) is 10.8. The van der Waals surface area contributed by atoms with E-state index in [1.807, 2.05) is 18.0 Å². The van der Waals surface area contributed by atoms with Gasteiger partial charge >= 0.3 is 0 Å². The van der Waals surface area contributed by atoms with Crippen LogP contribution in [0.15, 0.2) is 46.0 Å². The molecule has 2 heterocycles. The lowest BCUT2D eigenvalue weighted by Gasteiger charge is -2.37. The molecule has 0 spiro atoms. The summed E-state index contributed by atoms with van der Waals surface area (Å²) < 4.78 is 27.2. The SMILES string of the molecule is CN(C(=O)CN1CCN(S(=O)(=O)c2cccs2)CC1)[C@@H]1CCCc2ccccc21. The Bertz CT molecular complexity index is 951. The van der Waals surface area contributed by atoms with Crippen LogP contribution < -0.4 is 0 Å². The van der Waals surface area contributed by atoms with Gasteiger partial charge in [0.1, 0.15) is 4.21 Å². The van der Waals surface area contributed by atoms with Crippen molar-refractivity contribution in [3.8, 4) is 0 Å². The molecule has 4 rings (SSSR count). The largest absolute Gasteiger partial charge is 0.338 e. The molecule has 1 saturated heterocycles. The number of rotatable bonds is 5. The Morgan fingerprint density at radius 1 is 1.14 bits per heavy atom. The molecule has 2 aliphatic rings. The summed E-state index contributed by atoms with van der Waals surface area (Å²) in [5, 5.41) is 1.78. The molecule has 0 saturated carbocycles. The molecule has 0 radical (unpaired) electrons. The Kier molecular flexibility index (Phi) is 6.06. The van der Waals surface area contributed by atoms with Crippen molar-refractivity contribution >= 4 is 27.3 Å². The van der Waals surface area contributed by atoms with Gasteiger partial charge in [0.15, 0.2) is 0 Å². The van der Waals surface area contributed by atoms with Crippen LogP contribution >= 0.6 is 11.3 Å². The summed E-state index contributed by atoms with van der Waals surface area (Å²) in [4.78, 5) is 16.9. The number of likely N-dealkylation sites (N-methyl/N-ethyl adjacent to an activating group) is 1. The third-order valence-corrected chi connectivity index (χ3v) is 9.25. The number of benzene rings is 1. The van der Waals surface area contributed by atoms with Gasteiger partial charge in [-0.25, -0.2) is 8.42 Å². The highest BCUT2D eigenvalue weighted by Gasteiger charge is 2.31. The molecule has 1 atom stereocenters. The lowest BCUT2D eigenvalue weighted by atomic mass is 9.87. The maximum absolute atomic E-state index is 12.9. The lowest BCUT2D eigenvalue weighted by Crippen LogP contribution is -2.51. The van der Waals surface area contributed by atoms with Crippen LogP contribution in [-0.4, -0.2) is 68.2 Å². The molecule has 0 bridgehead atoms. The van der Waals surface area contributed by atoms with E-state index < -0.39 is 10.0 Å². The molecule has 8 heteroatoms. The van der Waals surface area contributed by atoms with Crippen LogP contribution in [0.3, 0.4) is 0 Å². The predicted molar refractivity (Wildman–Crippen MR) is 114 cm³/mol. The normalized spacial score (nSPS) is 20.9. The molecule has 1 amide bonds.